The van der Waals surface area contributed by atoms with Gasteiger partial charge in [0.15, 0.2) is 15.7 Å². The van der Waals surface area contributed by atoms with Crippen molar-refractivity contribution in [3.8, 4) is 11.9 Å². The monoisotopic (exact) mass is 371 g/mol. The van der Waals surface area contributed by atoms with Crippen LogP contribution in [0.25, 0.3) is 5.82 Å². The summed E-state index contributed by atoms with van der Waals surface area (Å²) < 4.78 is 24.2. The van der Waals surface area contributed by atoms with Crippen LogP contribution < -0.4 is 5.56 Å². The van der Waals surface area contributed by atoms with Crippen LogP contribution in [0.5, 0.6) is 0 Å². The van der Waals surface area contributed by atoms with E-state index in [1.807, 2.05) is 6.07 Å². The Morgan fingerprint density at radius 1 is 1.46 bits per heavy atom. The molecule has 1 N–H and O–H groups in total. The average molecular weight is 371 g/mol. The molecule has 2 aromatic rings. The highest BCUT2D eigenvalue weighted by Crippen LogP contribution is 2.11. The van der Waals surface area contributed by atoms with Crippen molar-refractivity contribution in [3.05, 3.63) is 64.4 Å². The molecular formula is C17H17N5O3S. The number of rotatable bonds is 5. The summed E-state index contributed by atoms with van der Waals surface area (Å²) in [4.78, 5) is 20.9. The van der Waals surface area contributed by atoms with Gasteiger partial charge in [-0.05, 0) is 26.0 Å². The molecule has 134 valence electrons. The summed E-state index contributed by atoms with van der Waals surface area (Å²) in [6.07, 6.45) is 4.97. The molecule has 0 atom stereocenters. The van der Waals surface area contributed by atoms with E-state index in [2.05, 4.69) is 21.7 Å². The molecule has 0 aromatic carbocycles. The largest absolute Gasteiger partial charge is 0.293 e. The minimum Gasteiger partial charge on any atom is -0.293 e. The number of pyridine rings is 1. The van der Waals surface area contributed by atoms with Gasteiger partial charge < -0.3 is 0 Å². The Kier molecular flexibility index (Phi) is 5.38. The highest BCUT2D eigenvalue weighted by Gasteiger charge is 2.16. The fourth-order valence-electron chi connectivity index (χ4n) is 2.22. The zero-order valence-electron chi connectivity index (χ0n) is 14.5. The van der Waals surface area contributed by atoms with Gasteiger partial charge in [0.25, 0.3) is 5.56 Å². The Labute approximate surface area is 150 Å². The van der Waals surface area contributed by atoms with Gasteiger partial charge in [0.1, 0.15) is 6.07 Å². The quantitative estimate of drug-likeness (QED) is 0.487. The molecule has 0 aliphatic rings. The van der Waals surface area contributed by atoms with Gasteiger partial charge in [0, 0.05) is 24.3 Å². The zero-order valence-corrected chi connectivity index (χ0v) is 15.3. The van der Waals surface area contributed by atoms with Crippen molar-refractivity contribution in [1.29, 1.82) is 5.26 Å². The summed E-state index contributed by atoms with van der Waals surface area (Å²) in [6.45, 7) is 6.86. The number of sulfone groups is 1. The minimum atomic E-state index is -3.37. The Hall–Kier alpha value is -3.25. The Morgan fingerprint density at radius 2 is 2.15 bits per heavy atom. The molecule has 0 saturated heterocycles. The van der Waals surface area contributed by atoms with Gasteiger partial charge in [-0.2, -0.15) is 5.26 Å². The van der Waals surface area contributed by atoms with E-state index in [-0.39, 0.29) is 21.8 Å². The van der Waals surface area contributed by atoms with E-state index < -0.39 is 9.84 Å². The van der Waals surface area contributed by atoms with Crippen LogP contribution in [0, 0.1) is 18.3 Å². The molecule has 8 nitrogen and oxygen atoms in total. The topological polar surface area (TPSA) is 121 Å². The van der Waals surface area contributed by atoms with Crippen LogP contribution in [0.4, 0.5) is 0 Å². The first-order valence-corrected chi connectivity index (χ1v) is 9.33. The van der Waals surface area contributed by atoms with Crippen LogP contribution in [0.2, 0.25) is 0 Å². The number of aliphatic imine (C=N–C) groups is 1. The zero-order chi connectivity index (χ0) is 19.5. The Balaban J connectivity index is 2.50. The van der Waals surface area contributed by atoms with E-state index in [0.717, 1.165) is 6.26 Å². The SMILES string of the molecule is C=C/C(C#N)=C\N=C(C)c1c(C)[nH]n(-c2ccc(S(C)(=O)=O)cn2)c1=O. The predicted octanol–water partition coefficient (Wildman–Crippen LogP) is 1.68. The predicted molar refractivity (Wildman–Crippen MR) is 98.1 cm³/mol. The molecule has 0 radical (unpaired) electrons. The molecule has 9 heteroatoms. The van der Waals surface area contributed by atoms with E-state index in [4.69, 9.17) is 5.26 Å². The number of nitrogens with one attached hydrogen (secondary N) is 1. The summed E-state index contributed by atoms with van der Waals surface area (Å²) >= 11 is 0. The lowest BCUT2D eigenvalue weighted by atomic mass is 10.2. The van der Waals surface area contributed by atoms with E-state index in [0.29, 0.717) is 17.0 Å². The Bertz CT molecular complexity index is 1110. The van der Waals surface area contributed by atoms with Crippen LogP contribution in [0.15, 0.2) is 57.4 Å². The lowest BCUT2D eigenvalue weighted by molar-refractivity contribution is 0.601. The van der Waals surface area contributed by atoms with Gasteiger partial charge in [-0.3, -0.25) is 14.9 Å². The standard InChI is InChI=1S/C17H17N5O3S/c1-5-13(8-18)9-19-11(2)16-12(3)21-22(17(16)23)15-7-6-14(10-20-15)26(4,24)25/h5-7,9-10,21H,1H2,2-4H3/b13-9+,19-11?. The molecule has 26 heavy (non-hydrogen) atoms. The molecule has 2 rings (SSSR count). The molecule has 0 fully saturated rings. The van der Waals surface area contributed by atoms with Crippen LogP contribution in [-0.4, -0.2) is 35.1 Å². The second-order valence-electron chi connectivity index (χ2n) is 5.49. The Morgan fingerprint density at radius 3 is 2.65 bits per heavy atom. The van der Waals surface area contributed by atoms with Gasteiger partial charge in [-0.25, -0.2) is 18.1 Å². The maximum atomic E-state index is 12.7. The summed E-state index contributed by atoms with van der Waals surface area (Å²) in [5.74, 6) is 0.254. The summed E-state index contributed by atoms with van der Waals surface area (Å²) in [6, 6.07) is 4.74. The molecule has 0 aliphatic carbocycles. The van der Waals surface area contributed by atoms with Gasteiger partial charge in [-0.1, -0.05) is 12.7 Å². The van der Waals surface area contributed by atoms with E-state index >= 15 is 0 Å². The number of aryl methyl sites for hydroxylation is 1. The van der Waals surface area contributed by atoms with Crippen molar-refractivity contribution in [1.82, 2.24) is 14.8 Å². The van der Waals surface area contributed by atoms with Gasteiger partial charge in [0.2, 0.25) is 0 Å². The second-order valence-corrected chi connectivity index (χ2v) is 7.51. The average Bonchev–Trinajstić information content (AvgIpc) is 2.89. The first-order chi connectivity index (χ1) is 12.2. The number of allylic oxidation sites excluding steroid dienone is 2. The minimum absolute atomic E-state index is 0.0640. The van der Waals surface area contributed by atoms with Gasteiger partial charge in [0.05, 0.1) is 21.7 Å². The van der Waals surface area contributed by atoms with Crippen LogP contribution >= 0.6 is 0 Å². The number of aromatic nitrogens is 3. The maximum Gasteiger partial charge on any atom is 0.282 e. The molecule has 2 aromatic heterocycles. The fourth-order valence-corrected chi connectivity index (χ4v) is 2.78. The van der Waals surface area contributed by atoms with E-state index in [1.54, 1.807) is 13.8 Å². The maximum absolute atomic E-state index is 12.7. The van der Waals surface area contributed by atoms with Crippen molar-refractivity contribution >= 4 is 15.5 Å². The number of hydrogen-bond donors (Lipinski definition) is 1. The normalized spacial score (nSPS) is 12.7. The number of nitrogens with zero attached hydrogens (tertiary/aromatic N) is 4. The first kappa shape index (κ1) is 19.1. The molecule has 0 unspecified atom stereocenters. The van der Waals surface area contributed by atoms with E-state index in [9.17, 15) is 13.2 Å². The van der Waals surface area contributed by atoms with Crippen molar-refractivity contribution in [3.63, 3.8) is 0 Å². The molecule has 0 saturated carbocycles. The number of aromatic amines is 1. The molecule has 0 bridgehead atoms. The van der Waals surface area contributed by atoms with Crippen molar-refractivity contribution in [2.45, 2.75) is 18.7 Å². The third-order valence-electron chi connectivity index (χ3n) is 3.56. The van der Waals surface area contributed by atoms with Crippen molar-refractivity contribution in [2.75, 3.05) is 6.26 Å². The number of nitriles is 1. The third kappa shape index (κ3) is 3.87. The van der Waals surface area contributed by atoms with E-state index in [1.165, 1.54) is 35.3 Å². The summed E-state index contributed by atoms with van der Waals surface area (Å²) in [5.41, 5.74) is 1.22. The molecule has 0 aliphatic heterocycles. The number of hydrogen-bond acceptors (Lipinski definition) is 6. The molecular weight excluding hydrogens is 354 g/mol. The van der Waals surface area contributed by atoms with Crippen LogP contribution in [0.3, 0.4) is 0 Å². The molecule has 2 heterocycles. The molecule has 0 spiro atoms. The van der Waals surface area contributed by atoms with Gasteiger partial charge >= 0.3 is 0 Å². The lowest BCUT2D eigenvalue weighted by Crippen LogP contribution is -2.20. The fraction of sp³-hybridized carbons (Fsp3) is 0.176. The third-order valence-corrected chi connectivity index (χ3v) is 4.66. The summed E-state index contributed by atoms with van der Waals surface area (Å²) in [7, 11) is -3.37. The van der Waals surface area contributed by atoms with Gasteiger partial charge in [-0.15, -0.1) is 0 Å². The second kappa shape index (κ2) is 7.33. The van der Waals surface area contributed by atoms with Crippen molar-refractivity contribution in [2.24, 2.45) is 4.99 Å². The lowest BCUT2D eigenvalue weighted by Gasteiger charge is -2.02. The van der Waals surface area contributed by atoms with Crippen LogP contribution in [-0.2, 0) is 9.84 Å². The highest BCUT2D eigenvalue weighted by atomic mass is 32.2. The number of H-pyrrole nitrogens is 1. The first-order valence-electron chi connectivity index (χ1n) is 7.44. The van der Waals surface area contributed by atoms with Crippen LogP contribution in [0.1, 0.15) is 18.2 Å². The highest BCUT2D eigenvalue weighted by molar-refractivity contribution is 7.90. The summed E-state index contributed by atoms with van der Waals surface area (Å²) in [5, 5.41) is 11.8. The smallest absolute Gasteiger partial charge is 0.282 e. The molecule has 0 amide bonds. The van der Waals surface area contributed by atoms with Crippen molar-refractivity contribution < 1.29 is 8.42 Å².